The molecule has 28 heavy (non-hydrogen) atoms. The van der Waals surface area contributed by atoms with Crippen LogP contribution in [0.3, 0.4) is 0 Å². The molecular formula is C23H23ClN2O2. The van der Waals surface area contributed by atoms with Gasteiger partial charge in [-0.15, -0.1) is 0 Å². The summed E-state index contributed by atoms with van der Waals surface area (Å²) in [6.45, 7) is 2.99. The molecule has 0 radical (unpaired) electrons. The maximum atomic E-state index is 11.7. The molecule has 0 spiro atoms. The number of hydrogen-bond donors (Lipinski definition) is 1. The average molecular weight is 395 g/mol. The van der Waals surface area contributed by atoms with Crippen LogP contribution >= 0.6 is 11.6 Å². The summed E-state index contributed by atoms with van der Waals surface area (Å²) >= 11 is 6.23. The van der Waals surface area contributed by atoms with Gasteiger partial charge in [-0.2, -0.15) is 0 Å². The van der Waals surface area contributed by atoms with Crippen LogP contribution in [0, 0.1) is 0 Å². The van der Waals surface area contributed by atoms with Crippen LogP contribution < -0.4 is 5.32 Å². The number of furan rings is 1. The molecule has 0 unspecified atom stereocenters. The summed E-state index contributed by atoms with van der Waals surface area (Å²) in [5.41, 5.74) is 3.28. The average Bonchev–Trinajstić information content (AvgIpc) is 3.33. The van der Waals surface area contributed by atoms with Crippen LogP contribution in [0.4, 0.5) is 0 Å². The first-order valence-corrected chi connectivity index (χ1v) is 9.97. The maximum absolute atomic E-state index is 11.7. The van der Waals surface area contributed by atoms with E-state index in [1.165, 1.54) is 11.1 Å². The van der Waals surface area contributed by atoms with Gasteiger partial charge < -0.3 is 14.6 Å². The van der Waals surface area contributed by atoms with Crippen molar-refractivity contribution < 1.29 is 9.21 Å². The Kier molecular flexibility index (Phi) is 5.79. The zero-order chi connectivity index (χ0) is 19.3. The number of halogens is 1. The van der Waals surface area contributed by atoms with Gasteiger partial charge in [-0.1, -0.05) is 48.0 Å². The first kappa shape index (κ1) is 18.8. The normalized spacial score (nSPS) is 14.0. The molecule has 0 atom stereocenters. The molecule has 4 rings (SSSR count). The van der Waals surface area contributed by atoms with E-state index >= 15 is 0 Å². The summed E-state index contributed by atoms with van der Waals surface area (Å²) < 4.78 is 5.91. The third-order valence-corrected chi connectivity index (χ3v) is 5.33. The van der Waals surface area contributed by atoms with Gasteiger partial charge in [-0.3, -0.25) is 4.79 Å². The lowest BCUT2D eigenvalue weighted by atomic mass is 10.1. The number of likely N-dealkylation sites (tertiary alicyclic amines) is 1. The molecule has 144 valence electrons. The smallest absolute Gasteiger partial charge is 0.222 e. The highest BCUT2D eigenvalue weighted by atomic mass is 35.5. The van der Waals surface area contributed by atoms with Crippen LogP contribution in [0.2, 0.25) is 5.02 Å². The minimum absolute atomic E-state index is 0.264. The van der Waals surface area contributed by atoms with E-state index < -0.39 is 0 Å². The molecule has 2 aromatic carbocycles. The zero-order valence-corrected chi connectivity index (χ0v) is 16.4. The lowest BCUT2D eigenvalue weighted by Gasteiger charge is -2.15. The molecule has 3 aromatic rings. The summed E-state index contributed by atoms with van der Waals surface area (Å²) in [7, 11) is 0. The molecule has 1 aliphatic rings. The summed E-state index contributed by atoms with van der Waals surface area (Å²) in [6.07, 6.45) is 1.67. The van der Waals surface area contributed by atoms with Gasteiger partial charge in [0.15, 0.2) is 0 Å². The van der Waals surface area contributed by atoms with E-state index in [2.05, 4.69) is 29.6 Å². The first-order valence-electron chi connectivity index (χ1n) is 9.59. The standard InChI is InChI=1S/C23H23ClN2O2/c24-21-5-2-1-4-20(21)22-12-11-19(28-22)15-25-14-17-7-9-18(10-8-17)16-26-13-3-6-23(26)27/h1-2,4-5,7-12,25H,3,6,13-16H2. The Labute approximate surface area is 170 Å². The Hall–Kier alpha value is -2.56. The van der Waals surface area contributed by atoms with Gasteiger partial charge in [-0.05, 0) is 41.8 Å². The van der Waals surface area contributed by atoms with Crippen molar-refractivity contribution >= 4 is 17.5 Å². The monoisotopic (exact) mass is 394 g/mol. The van der Waals surface area contributed by atoms with Crippen LogP contribution in [-0.4, -0.2) is 17.4 Å². The number of carbonyl (C=O) groups excluding carboxylic acids is 1. The van der Waals surface area contributed by atoms with Crippen LogP contribution in [0.1, 0.15) is 29.7 Å². The number of benzene rings is 2. The number of carbonyl (C=O) groups is 1. The van der Waals surface area contributed by atoms with Crippen molar-refractivity contribution in [1.82, 2.24) is 10.2 Å². The number of amides is 1. The molecule has 1 amide bonds. The van der Waals surface area contributed by atoms with Gasteiger partial charge in [0, 0.05) is 31.6 Å². The Bertz CT molecular complexity index is 949. The van der Waals surface area contributed by atoms with Crippen LogP contribution in [0.5, 0.6) is 0 Å². The number of rotatable bonds is 7. The Morgan fingerprint density at radius 2 is 1.75 bits per heavy atom. The summed E-state index contributed by atoms with van der Waals surface area (Å²) in [5, 5.41) is 4.09. The number of hydrogen-bond acceptors (Lipinski definition) is 3. The van der Waals surface area contributed by atoms with Crippen molar-refractivity contribution in [2.24, 2.45) is 0 Å². The summed E-state index contributed by atoms with van der Waals surface area (Å²) in [4.78, 5) is 13.7. The third kappa shape index (κ3) is 4.46. The fourth-order valence-corrected chi connectivity index (χ4v) is 3.69. The second kappa shape index (κ2) is 8.63. The predicted molar refractivity (Wildman–Crippen MR) is 111 cm³/mol. The Balaban J connectivity index is 1.28. The van der Waals surface area contributed by atoms with Gasteiger partial charge in [0.1, 0.15) is 11.5 Å². The highest BCUT2D eigenvalue weighted by Crippen LogP contribution is 2.29. The first-order chi connectivity index (χ1) is 13.7. The van der Waals surface area contributed by atoms with Crippen molar-refractivity contribution in [3.63, 3.8) is 0 Å². The molecule has 0 bridgehead atoms. The van der Waals surface area contributed by atoms with Gasteiger partial charge in [0.2, 0.25) is 5.91 Å². The van der Waals surface area contributed by atoms with E-state index in [0.29, 0.717) is 24.5 Å². The minimum atomic E-state index is 0.264. The lowest BCUT2D eigenvalue weighted by Crippen LogP contribution is -2.23. The molecule has 1 N–H and O–H groups in total. The van der Waals surface area contributed by atoms with E-state index in [1.54, 1.807) is 0 Å². The topological polar surface area (TPSA) is 45.5 Å². The second-order valence-electron chi connectivity index (χ2n) is 7.08. The molecule has 2 heterocycles. The molecule has 5 heteroatoms. The van der Waals surface area contributed by atoms with E-state index in [1.807, 2.05) is 41.3 Å². The fourth-order valence-electron chi connectivity index (χ4n) is 3.46. The second-order valence-corrected chi connectivity index (χ2v) is 7.49. The van der Waals surface area contributed by atoms with Crippen LogP contribution in [0.15, 0.2) is 65.1 Å². The van der Waals surface area contributed by atoms with Crippen molar-refractivity contribution in [3.8, 4) is 11.3 Å². The van der Waals surface area contributed by atoms with Gasteiger partial charge in [-0.25, -0.2) is 0 Å². The predicted octanol–water partition coefficient (Wildman–Crippen LogP) is 5.01. The molecule has 1 saturated heterocycles. The summed E-state index contributed by atoms with van der Waals surface area (Å²) in [5.74, 6) is 1.92. The van der Waals surface area contributed by atoms with E-state index in [0.717, 1.165) is 36.6 Å². The van der Waals surface area contributed by atoms with Gasteiger partial charge in [0.05, 0.1) is 11.6 Å². The van der Waals surface area contributed by atoms with Gasteiger partial charge in [0.25, 0.3) is 0 Å². The quantitative estimate of drug-likeness (QED) is 0.612. The van der Waals surface area contributed by atoms with Crippen molar-refractivity contribution in [2.45, 2.75) is 32.5 Å². The Morgan fingerprint density at radius 1 is 0.964 bits per heavy atom. The van der Waals surface area contributed by atoms with Crippen molar-refractivity contribution in [3.05, 3.63) is 82.6 Å². The molecule has 1 aromatic heterocycles. The molecule has 1 aliphatic heterocycles. The number of nitrogens with one attached hydrogen (secondary N) is 1. The van der Waals surface area contributed by atoms with E-state index in [-0.39, 0.29) is 5.91 Å². The largest absolute Gasteiger partial charge is 0.460 e. The summed E-state index contributed by atoms with van der Waals surface area (Å²) in [6, 6.07) is 20.0. The highest BCUT2D eigenvalue weighted by molar-refractivity contribution is 6.33. The van der Waals surface area contributed by atoms with Crippen molar-refractivity contribution in [2.75, 3.05) is 6.54 Å². The number of nitrogens with zero attached hydrogens (tertiary/aromatic N) is 1. The molecule has 0 aliphatic carbocycles. The van der Waals surface area contributed by atoms with E-state index in [4.69, 9.17) is 16.0 Å². The van der Waals surface area contributed by atoms with Crippen LogP contribution in [0.25, 0.3) is 11.3 Å². The highest BCUT2D eigenvalue weighted by Gasteiger charge is 2.19. The third-order valence-electron chi connectivity index (χ3n) is 5.00. The SMILES string of the molecule is O=C1CCCN1Cc1ccc(CNCc2ccc(-c3ccccc3Cl)o2)cc1. The molecule has 4 nitrogen and oxygen atoms in total. The molecular weight excluding hydrogens is 372 g/mol. The van der Waals surface area contributed by atoms with Crippen molar-refractivity contribution in [1.29, 1.82) is 0 Å². The van der Waals surface area contributed by atoms with E-state index in [9.17, 15) is 4.79 Å². The fraction of sp³-hybridized carbons (Fsp3) is 0.261. The van der Waals surface area contributed by atoms with Crippen LogP contribution in [-0.2, 0) is 24.4 Å². The molecule has 1 fully saturated rings. The lowest BCUT2D eigenvalue weighted by molar-refractivity contribution is -0.128. The maximum Gasteiger partial charge on any atom is 0.222 e. The van der Waals surface area contributed by atoms with Gasteiger partial charge >= 0.3 is 0 Å². The zero-order valence-electron chi connectivity index (χ0n) is 15.7. The molecule has 0 saturated carbocycles. The minimum Gasteiger partial charge on any atom is -0.460 e. The Morgan fingerprint density at radius 3 is 2.50 bits per heavy atom.